The number of ether oxygens (including phenoxy) is 2. The highest BCUT2D eigenvalue weighted by Crippen LogP contribution is 2.33. The molecule has 2 aromatic carbocycles. The van der Waals surface area contributed by atoms with Crippen LogP contribution < -0.4 is 19.1 Å². The number of amides is 1. The minimum absolute atomic E-state index is 0.266. The van der Waals surface area contributed by atoms with Gasteiger partial charge < -0.3 is 14.8 Å². The van der Waals surface area contributed by atoms with Gasteiger partial charge in [-0.15, -0.1) is 0 Å². The molecule has 7 nitrogen and oxygen atoms in total. The molecule has 29 heavy (non-hydrogen) atoms. The summed E-state index contributed by atoms with van der Waals surface area (Å²) >= 11 is 0. The Morgan fingerprint density at radius 1 is 1.03 bits per heavy atom. The molecular formula is C20H25FN2O5S. The molecule has 0 heterocycles. The topological polar surface area (TPSA) is 84.9 Å². The molecule has 0 saturated carbocycles. The highest BCUT2D eigenvalue weighted by atomic mass is 32.2. The van der Waals surface area contributed by atoms with Gasteiger partial charge in [-0.1, -0.05) is 12.1 Å². The number of halogens is 1. The van der Waals surface area contributed by atoms with Crippen molar-refractivity contribution in [1.82, 2.24) is 5.32 Å². The van der Waals surface area contributed by atoms with Crippen molar-refractivity contribution >= 4 is 21.6 Å². The number of anilines is 1. The maximum absolute atomic E-state index is 13.1. The van der Waals surface area contributed by atoms with Crippen molar-refractivity contribution in [1.29, 1.82) is 0 Å². The molecule has 1 amide bonds. The van der Waals surface area contributed by atoms with Gasteiger partial charge in [0.2, 0.25) is 15.9 Å². The van der Waals surface area contributed by atoms with Gasteiger partial charge in [-0.3, -0.25) is 9.10 Å². The number of carbonyl (C=O) groups excluding carboxylic acids is 1. The summed E-state index contributed by atoms with van der Waals surface area (Å²) in [7, 11) is -0.878. The predicted molar refractivity (Wildman–Crippen MR) is 109 cm³/mol. The van der Waals surface area contributed by atoms with E-state index in [1.807, 2.05) is 0 Å². The molecule has 2 rings (SSSR count). The van der Waals surface area contributed by atoms with Crippen molar-refractivity contribution in [2.24, 2.45) is 0 Å². The second-order valence-corrected chi connectivity index (χ2v) is 8.42. The molecule has 9 heteroatoms. The van der Waals surface area contributed by atoms with E-state index in [2.05, 4.69) is 5.32 Å². The van der Waals surface area contributed by atoms with E-state index in [9.17, 15) is 17.6 Å². The first-order chi connectivity index (χ1) is 13.6. The standard InChI is InChI=1S/C20H25FN2O5S/c1-13(15-6-8-16(21)9-7-15)22-20(24)14(2)23(29(5,25)26)17-10-11-18(27-3)19(12-17)28-4/h6-14H,1-5H3,(H,22,24)/t13-,14+/m0/s1. The minimum atomic E-state index is -3.79. The van der Waals surface area contributed by atoms with Crippen molar-refractivity contribution in [2.45, 2.75) is 25.9 Å². The number of nitrogens with one attached hydrogen (secondary N) is 1. The first-order valence-electron chi connectivity index (χ1n) is 8.85. The van der Waals surface area contributed by atoms with Crippen LogP contribution in [-0.2, 0) is 14.8 Å². The van der Waals surface area contributed by atoms with Crippen LogP contribution >= 0.6 is 0 Å². The Morgan fingerprint density at radius 3 is 2.14 bits per heavy atom. The van der Waals surface area contributed by atoms with Gasteiger partial charge in [0.1, 0.15) is 11.9 Å². The lowest BCUT2D eigenvalue weighted by Gasteiger charge is -2.29. The van der Waals surface area contributed by atoms with Gasteiger partial charge in [0.05, 0.1) is 32.2 Å². The Hall–Kier alpha value is -2.81. The van der Waals surface area contributed by atoms with Crippen LogP contribution in [0.15, 0.2) is 42.5 Å². The molecular weight excluding hydrogens is 399 g/mol. The van der Waals surface area contributed by atoms with Crippen molar-refractivity contribution < 1.29 is 27.1 Å². The van der Waals surface area contributed by atoms with Gasteiger partial charge in [-0.2, -0.15) is 0 Å². The lowest BCUT2D eigenvalue weighted by molar-refractivity contribution is -0.122. The summed E-state index contributed by atoms with van der Waals surface area (Å²) in [5, 5.41) is 2.77. The third kappa shape index (κ3) is 5.38. The quantitative estimate of drug-likeness (QED) is 0.704. The van der Waals surface area contributed by atoms with Gasteiger partial charge in [-0.05, 0) is 43.7 Å². The molecule has 0 fully saturated rings. The van der Waals surface area contributed by atoms with Crippen LogP contribution in [-0.4, -0.2) is 40.8 Å². The summed E-state index contributed by atoms with van der Waals surface area (Å²) < 4.78 is 49.4. The third-order valence-corrected chi connectivity index (χ3v) is 5.68. The van der Waals surface area contributed by atoms with E-state index in [4.69, 9.17) is 9.47 Å². The SMILES string of the molecule is COc1ccc(N([C@H](C)C(=O)N[C@@H](C)c2ccc(F)cc2)S(C)(=O)=O)cc1OC. The number of nitrogens with zero attached hydrogens (tertiary/aromatic N) is 1. The molecule has 0 saturated heterocycles. The monoisotopic (exact) mass is 424 g/mol. The molecule has 158 valence electrons. The van der Waals surface area contributed by atoms with Crippen LogP contribution in [0.1, 0.15) is 25.5 Å². The highest BCUT2D eigenvalue weighted by Gasteiger charge is 2.30. The maximum Gasteiger partial charge on any atom is 0.244 e. The van der Waals surface area contributed by atoms with Gasteiger partial charge in [0.25, 0.3) is 0 Å². The first kappa shape index (κ1) is 22.5. The Balaban J connectivity index is 2.30. The molecule has 0 aliphatic rings. The Kier molecular flexibility index (Phi) is 7.07. The second-order valence-electron chi connectivity index (χ2n) is 6.56. The summed E-state index contributed by atoms with van der Waals surface area (Å²) in [6, 6.07) is 8.85. The van der Waals surface area contributed by atoms with Gasteiger partial charge in [-0.25, -0.2) is 12.8 Å². The molecule has 2 atom stereocenters. The van der Waals surface area contributed by atoms with E-state index < -0.39 is 28.0 Å². The number of hydrogen-bond donors (Lipinski definition) is 1. The molecule has 1 N–H and O–H groups in total. The molecule has 2 aromatic rings. The Labute approximate surface area is 170 Å². The van der Waals surface area contributed by atoms with E-state index >= 15 is 0 Å². The summed E-state index contributed by atoms with van der Waals surface area (Å²) in [6.45, 7) is 3.23. The van der Waals surface area contributed by atoms with Crippen molar-refractivity contribution in [2.75, 3.05) is 24.8 Å². The highest BCUT2D eigenvalue weighted by molar-refractivity contribution is 7.92. The molecule has 0 aliphatic carbocycles. The van der Waals surface area contributed by atoms with Crippen LogP contribution in [0, 0.1) is 5.82 Å². The van der Waals surface area contributed by atoms with Gasteiger partial charge in [0.15, 0.2) is 11.5 Å². The molecule has 0 aliphatic heterocycles. The van der Waals surface area contributed by atoms with Crippen molar-refractivity contribution in [3.63, 3.8) is 0 Å². The smallest absolute Gasteiger partial charge is 0.244 e. The van der Waals surface area contributed by atoms with Crippen LogP contribution in [0.5, 0.6) is 11.5 Å². The summed E-state index contributed by atoms with van der Waals surface area (Å²) in [5.74, 6) is -0.0999. The van der Waals surface area contributed by atoms with E-state index in [1.165, 1.54) is 45.4 Å². The van der Waals surface area contributed by atoms with E-state index in [1.54, 1.807) is 25.1 Å². The third-order valence-electron chi connectivity index (χ3n) is 4.44. The summed E-state index contributed by atoms with van der Waals surface area (Å²) in [6.07, 6.45) is 1.02. The lowest BCUT2D eigenvalue weighted by Crippen LogP contribution is -2.48. The van der Waals surface area contributed by atoms with Gasteiger partial charge in [0, 0.05) is 6.07 Å². The molecule has 0 unspecified atom stereocenters. The zero-order valence-electron chi connectivity index (χ0n) is 17.0. The Morgan fingerprint density at radius 2 is 1.62 bits per heavy atom. The van der Waals surface area contributed by atoms with Crippen LogP contribution in [0.4, 0.5) is 10.1 Å². The summed E-state index contributed by atoms with van der Waals surface area (Å²) in [5.41, 5.74) is 0.964. The fourth-order valence-corrected chi connectivity index (χ4v) is 4.11. The van der Waals surface area contributed by atoms with Crippen LogP contribution in [0.3, 0.4) is 0 Å². The summed E-state index contributed by atoms with van der Waals surface area (Å²) in [4.78, 5) is 12.8. The van der Waals surface area contributed by atoms with Crippen LogP contribution in [0.25, 0.3) is 0 Å². The average molecular weight is 424 g/mol. The van der Waals surface area contributed by atoms with Gasteiger partial charge >= 0.3 is 0 Å². The van der Waals surface area contributed by atoms with E-state index in [-0.39, 0.29) is 11.5 Å². The van der Waals surface area contributed by atoms with E-state index in [0.29, 0.717) is 17.1 Å². The number of rotatable bonds is 8. The Bertz CT molecular complexity index is 963. The number of carbonyl (C=O) groups is 1. The average Bonchev–Trinajstić information content (AvgIpc) is 2.67. The molecule has 0 spiro atoms. The zero-order chi connectivity index (χ0) is 21.8. The largest absolute Gasteiger partial charge is 0.493 e. The van der Waals surface area contributed by atoms with Crippen molar-refractivity contribution in [3.05, 3.63) is 53.8 Å². The normalized spacial score (nSPS) is 13.3. The minimum Gasteiger partial charge on any atom is -0.493 e. The zero-order valence-corrected chi connectivity index (χ0v) is 17.8. The fourth-order valence-electron chi connectivity index (χ4n) is 2.94. The number of sulfonamides is 1. The predicted octanol–water partition coefficient (Wildman–Crippen LogP) is 2.87. The maximum atomic E-state index is 13.1. The van der Waals surface area contributed by atoms with E-state index in [0.717, 1.165) is 10.6 Å². The molecule has 0 aromatic heterocycles. The molecule has 0 radical (unpaired) electrons. The lowest BCUT2D eigenvalue weighted by atomic mass is 10.1. The first-order valence-corrected chi connectivity index (χ1v) is 10.7. The van der Waals surface area contributed by atoms with Crippen LogP contribution in [0.2, 0.25) is 0 Å². The molecule has 0 bridgehead atoms. The number of hydrogen-bond acceptors (Lipinski definition) is 5. The second kappa shape index (κ2) is 9.13. The number of benzene rings is 2. The number of methoxy groups -OCH3 is 2. The fraction of sp³-hybridized carbons (Fsp3) is 0.350. The van der Waals surface area contributed by atoms with Crippen molar-refractivity contribution in [3.8, 4) is 11.5 Å².